The van der Waals surface area contributed by atoms with Crippen molar-refractivity contribution in [1.29, 1.82) is 0 Å². The minimum Gasteiger partial charge on any atom is -0.368 e. The van der Waals surface area contributed by atoms with Gasteiger partial charge in [0.2, 0.25) is 5.91 Å². The van der Waals surface area contributed by atoms with Crippen LogP contribution in [0.4, 0.5) is 10.1 Å². The number of likely N-dealkylation sites (tertiary alicyclic amines) is 1. The number of anilines is 1. The van der Waals surface area contributed by atoms with Gasteiger partial charge >= 0.3 is 0 Å². The molecule has 6 rings (SSSR count). The molecule has 2 saturated heterocycles. The first-order chi connectivity index (χ1) is 19.0. The van der Waals surface area contributed by atoms with Crippen LogP contribution in [0.2, 0.25) is 0 Å². The number of fused-ring (bicyclic) bond motifs is 1. The fourth-order valence-corrected chi connectivity index (χ4v) is 6.08. The highest BCUT2D eigenvalue weighted by molar-refractivity contribution is 5.79. The van der Waals surface area contributed by atoms with Crippen LogP contribution in [-0.4, -0.2) is 64.5 Å². The molecule has 2 fully saturated rings. The molecule has 0 atom stereocenters. The van der Waals surface area contributed by atoms with Gasteiger partial charge in [-0.15, -0.1) is 0 Å². The summed E-state index contributed by atoms with van der Waals surface area (Å²) >= 11 is 0. The number of rotatable bonds is 5. The molecule has 1 aromatic heterocycles. The fourth-order valence-electron chi connectivity index (χ4n) is 6.08. The average Bonchev–Trinajstić information content (AvgIpc) is 3.32. The van der Waals surface area contributed by atoms with Gasteiger partial charge in [-0.3, -0.25) is 14.3 Å². The molecular formula is C32H36FN5O. The third-order valence-corrected chi connectivity index (χ3v) is 8.31. The topological polar surface area (TPSA) is 44.6 Å². The van der Waals surface area contributed by atoms with Crippen molar-refractivity contribution in [2.24, 2.45) is 5.92 Å². The van der Waals surface area contributed by atoms with Crippen molar-refractivity contribution in [3.8, 4) is 5.69 Å². The van der Waals surface area contributed by atoms with Crippen molar-refractivity contribution < 1.29 is 9.18 Å². The van der Waals surface area contributed by atoms with Crippen molar-refractivity contribution in [3.63, 3.8) is 0 Å². The summed E-state index contributed by atoms with van der Waals surface area (Å²) in [5.41, 5.74) is 6.72. The number of piperidine rings is 1. The van der Waals surface area contributed by atoms with Crippen LogP contribution in [0.25, 0.3) is 16.7 Å². The molecule has 0 aliphatic carbocycles. The summed E-state index contributed by atoms with van der Waals surface area (Å²) in [7, 11) is 0. The average molecular weight is 526 g/mol. The molecule has 202 valence electrons. The van der Waals surface area contributed by atoms with Crippen LogP contribution in [-0.2, 0) is 11.3 Å². The van der Waals surface area contributed by atoms with E-state index in [9.17, 15) is 9.18 Å². The lowest BCUT2D eigenvalue weighted by Crippen LogP contribution is -2.51. The number of nitrogens with zero attached hydrogens (tertiary/aromatic N) is 5. The Hall–Kier alpha value is -3.71. The molecule has 0 unspecified atom stereocenters. The molecule has 0 bridgehead atoms. The van der Waals surface area contributed by atoms with Crippen LogP contribution in [0.1, 0.15) is 29.8 Å². The van der Waals surface area contributed by atoms with Gasteiger partial charge in [0.05, 0.1) is 17.6 Å². The number of halogens is 1. The Balaban J connectivity index is 1.08. The summed E-state index contributed by atoms with van der Waals surface area (Å²) in [4.78, 5) is 25.2. The molecule has 1 amide bonds. The Morgan fingerprint density at radius 1 is 0.897 bits per heavy atom. The monoisotopic (exact) mass is 525 g/mol. The van der Waals surface area contributed by atoms with E-state index in [0.717, 1.165) is 74.7 Å². The molecule has 0 spiro atoms. The second-order valence-corrected chi connectivity index (χ2v) is 11.0. The maximum absolute atomic E-state index is 13.6. The molecule has 6 nitrogen and oxygen atoms in total. The number of carbonyl (C=O) groups excluding carboxylic acids is 1. The zero-order chi connectivity index (χ0) is 26.9. The number of imidazole rings is 1. The number of piperazine rings is 1. The first kappa shape index (κ1) is 25.6. The Morgan fingerprint density at radius 3 is 2.36 bits per heavy atom. The molecular weight excluding hydrogens is 489 g/mol. The molecule has 0 saturated carbocycles. The zero-order valence-electron chi connectivity index (χ0n) is 22.8. The highest BCUT2D eigenvalue weighted by atomic mass is 19.1. The van der Waals surface area contributed by atoms with Crippen LogP contribution in [0, 0.1) is 25.6 Å². The number of hydrogen-bond donors (Lipinski definition) is 0. The van der Waals surface area contributed by atoms with Crippen LogP contribution in [0.15, 0.2) is 66.7 Å². The van der Waals surface area contributed by atoms with Crippen molar-refractivity contribution in [2.45, 2.75) is 33.2 Å². The lowest BCUT2D eigenvalue weighted by molar-refractivity contribution is -0.137. The predicted octanol–water partition coefficient (Wildman–Crippen LogP) is 5.34. The van der Waals surface area contributed by atoms with Crippen molar-refractivity contribution in [1.82, 2.24) is 19.4 Å². The van der Waals surface area contributed by atoms with Crippen LogP contribution >= 0.6 is 0 Å². The summed E-state index contributed by atoms with van der Waals surface area (Å²) in [6, 6.07) is 21.3. The van der Waals surface area contributed by atoms with E-state index in [4.69, 9.17) is 4.98 Å². The summed E-state index contributed by atoms with van der Waals surface area (Å²) in [6.45, 7) is 10.1. The molecule has 0 N–H and O–H groups in total. The highest BCUT2D eigenvalue weighted by Crippen LogP contribution is 2.27. The minimum atomic E-state index is -0.247. The van der Waals surface area contributed by atoms with Crippen molar-refractivity contribution >= 4 is 22.6 Å². The SMILES string of the molecule is Cc1ccc(C)c(N2CCN(C(=O)C3CCN(Cc4nc5ccccc5n4-c4ccc(F)cc4)CC3)CC2)c1. The summed E-state index contributed by atoms with van der Waals surface area (Å²) in [5.74, 6) is 1.09. The van der Waals surface area contributed by atoms with E-state index in [1.807, 2.05) is 18.2 Å². The molecule has 7 heteroatoms. The van der Waals surface area contributed by atoms with E-state index in [1.165, 1.54) is 28.9 Å². The third-order valence-electron chi connectivity index (χ3n) is 8.31. The summed E-state index contributed by atoms with van der Waals surface area (Å²) < 4.78 is 15.7. The molecule has 0 radical (unpaired) electrons. The van der Waals surface area contributed by atoms with Gasteiger partial charge in [-0.2, -0.15) is 0 Å². The van der Waals surface area contributed by atoms with Gasteiger partial charge in [0.25, 0.3) is 0 Å². The van der Waals surface area contributed by atoms with Gasteiger partial charge in [0, 0.05) is 43.5 Å². The Bertz CT molecular complexity index is 1460. The second kappa shape index (κ2) is 10.8. The number of para-hydroxylation sites is 2. The van der Waals surface area contributed by atoms with Gasteiger partial charge in [0.1, 0.15) is 11.6 Å². The Labute approximate surface area is 229 Å². The molecule has 2 aliphatic heterocycles. The van der Waals surface area contributed by atoms with Crippen LogP contribution in [0.5, 0.6) is 0 Å². The summed E-state index contributed by atoms with van der Waals surface area (Å²) in [6.07, 6.45) is 1.74. The molecule has 2 aliphatic rings. The van der Waals surface area contributed by atoms with E-state index >= 15 is 0 Å². The summed E-state index contributed by atoms with van der Waals surface area (Å²) in [5, 5.41) is 0. The zero-order valence-corrected chi connectivity index (χ0v) is 22.8. The molecule has 39 heavy (non-hydrogen) atoms. The van der Waals surface area contributed by atoms with Crippen LogP contribution in [0.3, 0.4) is 0 Å². The van der Waals surface area contributed by atoms with E-state index in [1.54, 1.807) is 12.1 Å². The molecule has 3 aromatic carbocycles. The number of aryl methyl sites for hydroxylation is 2. The van der Waals surface area contributed by atoms with Gasteiger partial charge in [-0.1, -0.05) is 24.3 Å². The van der Waals surface area contributed by atoms with E-state index in [0.29, 0.717) is 12.5 Å². The highest BCUT2D eigenvalue weighted by Gasteiger charge is 2.31. The smallest absolute Gasteiger partial charge is 0.225 e. The lowest BCUT2D eigenvalue weighted by atomic mass is 9.95. The fraction of sp³-hybridized carbons (Fsp3) is 0.375. The standard InChI is InChI=1S/C32H36FN5O/c1-23-7-8-24(2)30(21-23)36-17-19-37(20-18-36)32(39)25-13-15-35(16-14-25)22-31-34-28-5-3-4-6-29(28)38(31)27-11-9-26(33)10-12-27/h3-12,21,25H,13-20,22H2,1-2H3. The minimum absolute atomic E-state index is 0.0874. The quantitative estimate of drug-likeness (QED) is 0.353. The number of hydrogen-bond acceptors (Lipinski definition) is 4. The van der Waals surface area contributed by atoms with Gasteiger partial charge in [0.15, 0.2) is 0 Å². The molecule has 3 heterocycles. The third kappa shape index (κ3) is 5.28. The van der Waals surface area contributed by atoms with E-state index in [-0.39, 0.29) is 11.7 Å². The largest absolute Gasteiger partial charge is 0.368 e. The normalized spacial score (nSPS) is 17.2. The van der Waals surface area contributed by atoms with E-state index < -0.39 is 0 Å². The van der Waals surface area contributed by atoms with Gasteiger partial charge in [-0.05, 0) is 93.4 Å². The first-order valence-electron chi connectivity index (χ1n) is 14.0. The molecule has 4 aromatic rings. The first-order valence-corrected chi connectivity index (χ1v) is 14.0. The van der Waals surface area contributed by atoms with Crippen LogP contribution < -0.4 is 4.90 Å². The van der Waals surface area contributed by atoms with Crippen molar-refractivity contribution in [2.75, 3.05) is 44.2 Å². The number of carbonyl (C=O) groups is 1. The predicted molar refractivity (Wildman–Crippen MR) is 154 cm³/mol. The Kier molecular flexibility index (Phi) is 7.09. The maximum atomic E-state index is 13.6. The lowest BCUT2D eigenvalue weighted by Gasteiger charge is -2.39. The van der Waals surface area contributed by atoms with E-state index in [2.05, 4.69) is 57.4 Å². The van der Waals surface area contributed by atoms with Crippen molar-refractivity contribution in [3.05, 3.63) is 89.5 Å². The second-order valence-electron chi connectivity index (χ2n) is 11.0. The number of aromatic nitrogens is 2. The maximum Gasteiger partial charge on any atom is 0.225 e. The van der Waals surface area contributed by atoms with Gasteiger partial charge < -0.3 is 9.80 Å². The number of amides is 1. The Morgan fingerprint density at radius 2 is 1.62 bits per heavy atom. The number of benzene rings is 3. The van der Waals surface area contributed by atoms with Gasteiger partial charge in [-0.25, -0.2) is 9.37 Å².